The lowest BCUT2D eigenvalue weighted by Gasteiger charge is -2.16. The van der Waals surface area contributed by atoms with Gasteiger partial charge < -0.3 is 14.8 Å². The van der Waals surface area contributed by atoms with Crippen molar-refractivity contribution < 1.29 is 10.2 Å². The first-order valence-electron chi connectivity index (χ1n) is 10.2. The number of aromatic hydroxyl groups is 2. The number of benzene rings is 2. The maximum absolute atomic E-state index is 10.6. The Morgan fingerprint density at radius 2 is 1.77 bits per heavy atom. The number of aromatic nitrogens is 4. The average Bonchev–Trinajstić information content (AvgIpc) is 3.32. The van der Waals surface area contributed by atoms with Crippen molar-refractivity contribution in [3.63, 3.8) is 0 Å². The van der Waals surface area contributed by atoms with Gasteiger partial charge in [0.25, 0.3) is 0 Å². The molecule has 0 unspecified atom stereocenters. The summed E-state index contributed by atoms with van der Waals surface area (Å²) in [6.07, 6.45) is 3.67. The molecule has 0 fully saturated rings. The van der Waals surface area contributed by atoms with Crippen LogP contribution in [0.5, 0.6) is 11.5 Å². The highest BCUT2D eigenvalue weighted by Crippen LogP contribution is 2.37. The first-order chi connectivity index (χ1) is 14.4. The number of aryl methyl sites for hydroxylation is 2. The van der Waals surface area contributed by atoms with Crippen LogP contribution in [-0.4, -0.2) is 29.5 Å². The minimum Gasteiger partial charge on any atom is -0.508 e. The minimum atomic E-state index is -0.0406. The lowest BCUT2D eigenvalue weighted by Crippen LogP contribution is -2.03. The molecule has 6 nitrogen and oxygen atoms in total. The van der Waals surface area contributed by atoms with E-state index < -0.39 is 0 Å². The van der Waals surface area contributed by atoms with Crippen molar-refractivity contribution in [2.75, 3.05) is 0 Å². The Hall–Kier alpha value is -3.06. The molecule has 0 aliphatic heterocycles. The van der Waals surface area contributed by atoms with Crippen LogP contribution in [0.1, 0.15) is 44.9 Å². The van der Waals surface area contributed by atoms with Gasteiger partial charge in [0.15, 0.2) is 10.6 Å². The molecular weight excluding hydrogens is 396 g/mol. The quantitative estimate of drug-likeness (QED) is 0.362. The zero-order valence-electron chi connectivity index (χ0n) is 17.6. The molecular formula is C23H26N4O2S. The molecule has 0 spiro atoms. The molecule has 2 heterocycles. The lowest BCUT2D eigenvalue weighted by molar-refractivity contribution is 0.447. The maximum atomic E-state index is 10.6. The summed E-state index contributed by atoms with van der Waals surface area (Å²) in [5.41, 5.74) is 4.61. The van der Waals surface area contributed by atoms with Gasteiger partial charge in [-0.1, -0.05) is 19.9 Å². The Bertz CT molecular complexity index is 1300. The van der Waals surface area contributed by atoms with Gasteiger partial charge in [-0.05, 0) is 68.2 Å². The van der Waals surface area contributed by atoms with Crippen molar-refractivity contribution in [1.82, 2.24) is 19.3 Å². The van der Waals surface area contributed by atoms with Crippen LogP contribution in [-0.2, 0) is 12.8 Å². The third-order valence-corrected chi connectivity index (χ3v) is 5.88. The number of fused-ring (bicyclic) bond motifs is 1. The number of aromatic amines is 1. The normalized spacial score (nSPS) is 11.6. The number of hydrogen-bond donors (Lipinski definition) is 3. The van der Waals surface area contributed by atoms with Crippen LogP contribution in [0.25, 0.3) is 28.0 Å². The molecule has 7 heteroatoms. The van der Waals surface area contributed by atoms with E-state index in [9.17, 15) is 10.2 Å². The van der Waals surface area contributed by atoms with Crippen LogP contribution >= 0.6 is 12.2 Å². The molecule has 0 aliphatic carbocycles. The van der Waals surface area contributed by atoms with Gasteiger partial charge in [0.05, 0.1) is 16.8 Å². The number of phenols is 2. The molecule has 156 valence electrons. The van der Waals surface area contributed by atoms with Gasteiger partial charge in [0.1, 0.15) is 11.5 Å². The fourth-order valence-corrected chi connectivity index (χ4v) is 4.27. The van der Waals surface area contributed by atoms with Crippen molar-refractivity contribution in [2.45, 2.75) is 46.6 Å². The summed E-state index contributed by atoms with van der Waals surface area (Å²) in [7, 11) is 0. The van der Waals surface area contributed by atoms with Gasteiger partial charge in [0, 0.05) is 23.7 Å². The van der Waals surface area contributed by atoms with E-state index in [2.05, 4.69) is 59.9 Å². The van der Waals surface area contributed by atoms with Crippen LogP contribution < -0.4 is 0 Å². The van der Waals surface area contributed by atoms with Gasteiger partial charge in [-0.3, -0.25) is 9.67 Å². The van der Waals surface area contributed by atoms with Crippen LogP contribution in [0.3, 0.4) is 0 Å². The molecule has 0 bridgehead atoms. The summed E-state index contributed by atoms with van der Waals surface area (Å²) in [4.78, 5) is 0. The van der Waals surface area contributed by atoms with E-state index in [0.717, 1.165) is 23.1 Å². The summed E-state index contributed by atoms with van der Waals surface area (Å²) in [5, 5.41) is 29.0. The van der Waals surface area contributed by atoms with Crippen LogP contribution in [0, 0.1) is 4.77 Å². The van der Waals surface area contributed by atoms with Crippen molar-refractivity contribution in [1.29, 1.82) is 0 Å². The summed E-state index contributed by atoms with van der Waals surface area (Å²) in [6.45, 7) is 8.44. The number of H-pyrrole nitrogens is 1. The van der Waals surface area contributed by atoms with E-state index in [4.69, 9.17) is 12.2 Å². The van der Waals surface area contributed by atoms with Crippen molar-refractivity contribution in [3.8, 4) is 28.6 Å². The van der Waals surface area contributed by atoms with Gasteiger partial charge in [-0.15, -0.1) is 0 Å². The second-order valence-corrected chi connectivity index (χ2v) is 8.10. The smallest absolute Gasteiger partial charge is 0.200 e. The number of phenolic OH excluding ortho intramolecular Hbond substituents is 2. The number of hydrogen-bond acceptors (Lipinski definition) is 4. The van der Waals surface area contributed by atoms with Crippen molar-refractivity contribution >= 4 is 23.1 Å². The summed E-state index contributed by atoms with van der Waals surface area (Å²) < 4.78 is 4.57. The van der Waals surface area contributed by atoms with Crippen LogP contribution in [0.2, 0.25) is 0 Å². The number of nitrogens with one attached hydrogen (secondary N) is 1. The highest BCUT2D eigenvalue weighted by molar-refractivity contribution is 7.71. The van der Waals surface area contributed by atoms with E-state index in [1.807, 2.05) is 11.5 Å². The predicted molar refractivity (Wildman–Crippen MR) is 122 cm³/mol. The lowest BCUT2D eigenvalue weighted by atomic mass is 10.0. The first kappa shape index (κ1) is 20.2. The summed E-state index contributed by atoms with van der Waals surface area (Å²) in [5.74, 6) is 0.541. The first-order valence-corrected chi connectivity index (χ1v) is 10.6. The van der Waals surface area contributed by atoms with E-state index in [1.165, 1.54) is 17.1 Å². The average molecular weight is 423 g/mol. The van der Waals surface area contributed by atoms with E-state index in [1.54, 1.807) is 6.07 Å². The van der Waals surface area contributed by atoms with Crippen LogP contribution in [0.4, 0.5) is 0 Å². The fraction of sp³-hybridized carbons (Fsp3) is 0.304. The second kappa shape index (κ2) is 7.65. The Kier molecular flexibility index (Phi) is 5.15. The topological polar surface area (TPSA) is 79.0 Å². The van der Waals surface area contributed by atoms with Crippen molar-refractivity contribution in [3.05, 3.63) is 52.4 Å². The molecule has 0 atom stereocenters. The van der Waals surface area contributed by atoms with Crippen molar-refractivity contribution in [2.24, 2.45) is 0 Å². The molecule has 0 amide bonds. The largest absolute Gasteiger partial charge is 0.508 e. The SMILES string of the molecule is CCc1cc(-c2n[nH]c(=S)n2-c2ccc(CC)c3c2ccn3C(C)C)c(O)cc1O. The highest BCUT2D eigenvalue weighted by atomic mass is 32.1. The number of rotatable bonds is 5. The monoisotopic (exact) mass is 422 g/mol. The Morgan fingerprint density at radius 1 is 1.03 bits per heavy atom. The van der Waals surface area contributed by atoms with E-state index in [-0.39, 0.29) is 11.5 Å². The Balaban J connectivity index is 2.03. The fourth-order valence-electron chi connectivity index (χ4n) is 4.04. The van der Waals surface area contributed by atoms with E-state index >= 15 is 0 Å². The second-order valence-electron chi connectivity index (χ2n) is 7.72. The zero-order valence-corrected chi connectivity index (χ0v) is 18.4. The predicted octanol–water partition coefficient (Wildman–Crippen LogP) is 5.67. The third kappa shape index (κ3) is 3.10. The minimum absolute atomic E-state index is 0.0406. The molecule has 2 aromatic heterocycles. The van der Waals surface area contributed by atoms with Gasteiger partial charge in [-0.25, -0.2) is 0 Å². The maximum Gasteiger partial charge on any atom is 0.200 e. The van der Waals surface area contributed by atoms with Gasteiger partial charge >= 0.3 is 0 Å². The Morgan fingerprint density at radius 3 is 2.43 bits per heavy atom. The molecule has 4 rings (SSSR count). The summed E-state index contributed by atoms with van der Waals surface area (Å²) in [6, 6.07) is 9.75. The molecule has 3 N–H and O–H groups in total. The third-order valence-electron chi connectivity index (χ3n) is 5.61. The molecule has 0 radical (unpaired) electrons. The summed E-state index contributed by atoms with van der Waals surface area (Å²) >= 11 is 5.57. The standard InChI is InChI=1S/C23H26N4O2S/c1-5-14-7-8-18(16-9-10-26(13(3)4)21(14)16)27-22(24-25-23(27)30)17-11-15(6-2)19(28)12-20(17)29/h7-13,28-29H,5-6H2,1-4H3,(H,25,30). The van der Waals surface area contributed by atoms with Crippen LogP contribution in [0.15, 0.2) is 36.5 Å². The molecule has 0 saturated heterocycles. The molecule has 30 heavy (non-hydrogen) atoms. The Labute approximate surface area is 180 Å². The molecule has 2 aromatic carbocycles. The zero-order chi connectivity index (χ0) is 21.6. The number of nitrogens with zero attached hydrogens (tertiary/aromatic N) is 3. The van der Waals surface area contributed by atoms with E-state index in [0.29, 0.717) is 28.6 Å². The molecule has 4 aromatic rings. The molecule has 0 saturated carbocycles. The highest BCUT2D eigenvalue weighted by Gasteiger charge is 2.20. The van der Waals surface area contributed by atoms with Gasteiger partial charge in [-0.2, -0.15) is 5.10 Å². The van der Waals surface area contributed by atoms with Gasteiger partial charge in [0.2, 0.25) is 0 Å². The molecule has 0 aliphatic rings.